The monoisotopic (exact) mass is 431 g/mol. The van der Waals surface area contributed by atoms with Crippen LogP contribution in [0, 0.1) is 5.82 Å². The molecule has 1 atom stereocenters. The summed E-state index contributed by atoms with van der Waals surface area (Å²) in [5.74, 6) is -0.264. The number of thioether (sulfide) groups is 1. The molecule has 0 aliphatic heterocycles. The van der Waals surface area contributed by atoms with Crippen LogP contribution in [0.1, 0.15) is 57.9 Å². The quantitative estimate of drug-likeness (QED) is 0.674. The van der Waals surface area contributed by atoms with Crippen LogP contribution in [0.25, 0.3) is 11.4 Å². The van der Waals surface area contributed by atoms with Gasteiger partial charge in [-0.3, -0.25) is 14.7 Å². The number of amides is 3. The fourth-order valence-electron chi connectivity index (χ4n) is 3.74. The van der Waals surface area contributed by atoms with E-state index in [1.807, 2.05) is 4.57 Å². The lowest BCUT2D eigenvalue weighted by Crippen LogP contribution is -2.47. The van der Waals surface area contributed by atoms with Gasteiger partial charge in [0.1, 0.15) is 5.82 Å². The Morgan fingerprint density at radius 1 is 1.13 bits per heavy atom. The molecule has 2 aromatic rings. The molecule has 1 unspecified atom stereocenters. The zero-order chi connectivity index (χ0) is 21.1. The number of aromatic nitrogens is 3. The van der Waals surface area contributed by atoms with Gasteiger partial charge in [-0.15, -0.1) is 10.2 Å². The van der Waals surface area contributed by atoms with Crippen LogP contribution >= 0.6 is 11.8 Å². The van der Waals surface area contributed by atoms with Crippen LogP contribution in [0.5, 0.6) is 0 Å². The fourth-order valence-corrected chi connectivity index (χ4v) is 4.66. The van der Waals surface area contributed by atoms with Crippen molar-refractivity contribution in [3.05, 3.63) is 30.1 Å². The summed E-state index contributed by atoms with van der Waals surface area (Å²) in [4.78, 5) is 24.7. The molecule has 7 nitrogen and oxygen atoms in total. The number of rotatable bonds is 6. The van der Waals surface area contributed by atoms with Crippen LogP contribution in [-0.2, 0) is 4.79 Å². The SMILES string of the molecule is CC(Sc1nnc(-c2ccccc2F)n1C1CC1)C(=O)NC(=O)NC1CCCCC1. The largest absolute Gasteiger partial charge is 0.335 e. The van der Waals surface area contributed by atoms with Crippen molar-refractivity contribution < 1.29 is 14.0 Å². The van der Waals surface area contributed by atoms with Crippen molar-refractivity contribution in [2.45, 2.75) is 74.4 Å². The Balaban J connectivity index is 1.41. The third-order valence-corrected chi connectivity index (χ3v) is 6.58. The maximum atomic E-state index is 14.3. The Bertz CT molecular complexity index is 924. The van der Waals surface area contributed by atoms with Gasteiger partial charge < -0.3 is 5.32 Å². The lowest BCUT2D eigenvalue weighted by Gasteiger charge is -2.23. The molecular formula is C21H26FN5O2S. The summed E-state index contributed by atoms with van der Waals surface area (Å²) < 4.78 is 16.2. The van der Waals surface area contributed by atoms with Gasteiger partial charge in [0.15, 0.2) is 11.0 Å². The third-order valence-electron chi connectivity index (χ3n) is 5.52. The van der Waals surface area contributed by atoms with Crippen molar-refractivity contribution in [2.24, 2.45) is 0 Å². The minimum absolute atomic E-state index is 0.135. The lowest BCUT2D eigenvalue weighted by molar-refractivity contribution is -0.119. The van der Waals surface area contributed by atoms with Crippen molar-refractivity contribution in [3.63, 3.8) is 0 Å². The summed E-state index contributed by atoms with van der Waals surface area (Å²) in [5.41, 5.74) is 0.396. The highest BCUT2D eigenvalue weighted by Crippen LogP contribution is 2.42. The van der Waals surface area contributed by atoms with E-state index >= 15 is 0 Å². The number of benzene rings is 1. The van der Waals surface area contributed by atoms with Crippen molar-refractivity contribution in [1.82, 2.24) is 25.4 Å². The molecule has 2 saturated carbocycles. The summed E-state index contributed by atoms with van der Waals surface area (Å²) in [6.07, 6.45) is 7.25. The molecule has 1 aromatic carbocycles. The number of nitrogens with one attached hydrogen (secondary N) is 2. The van der Waals surface area contributed by atoms with Crippen LogP contribution in [-0.4, -0.2) is 38.0 Å². The molecule has 1 aromatic heterocycles. The zero-order valence-electron chi connectivity index (χ0n) is 16.9. The maximum absolute atomic E-state index is 14.3. The van der Waals surface area contributed by atoms with Gasteiger partial charge in [0, 0.05) is 12.1 Å². The summed E-state index contributed by atoms with van der Waals surface area (Å²) >= 11 is 1.23. The average molecular weight is 432 g/mol. The van der Waals surface area contributed by atoms with Gasteiger partial charge in [-0.2, -0.15) is 0 Å². The highest BCUT2D eigenvalue weighted by atomic mass is 32.2. The average Bonchev–Trinajstić information content (AvgIpc) is 3.49. The van der Waals surface area contributed by atoms with Crippen molar-refractivity contribution in [1.29, 1.82) is 0 Å². The minimum Gasteiger partial charge on any atom is -0.335 e. The van der Waals surface area contributed by atoms with E-state index in [2.05, 4.69) is 20.8 Å². The topological polar surface area (TPSA) is 88.9 Å². The number of carbonyl (C=O) groups excluding carboxylic acids is 2. The van der Waals surface area contributed by atoms with E-state index in [1.165, 1.54) is 24.2 Å². The van der Waals surface area contributed by atoms with Gasteiger partial charge in [0.05, 0.1) is 10.8 Å². The van der Waals surface area contributed by atoms with E-state index in [4.69, 9.17) is 0 Å². The number of halogens is 1. The van der Waals surface area contributed by atoms with E-state index in [-0.39, 0.29) is 23.8 Å². The van der Waals surface area contributed by atoms with Crippen molar-refractivity contribution in [3.8, 4) is 11.4 Å². The Labute approximate surface area is 179 Å². The number of carbonyl (C=O) groups is 2. The molecule has 9 heteroatoms. The van der Waals surface area contributed by atoms with Gasteiger partial charge in [-0.05, 0) is 44.7 Å². The molecule has 0 bridgehead atoms. The molecule has 2 N–H and O–H groups in total. The van der Waals surface area contributed by atoms with Gasteiger partial charge in [0.2, 0.25) is 5.91 Å². The molecule has 2 aliphatic carbocycles. The van der Waals surface area contributed by atoms with Gasteiger partial charge in [-0.1, -0.05) is 43.2 Å². The van der Waals surface area contributed by atoms with Crippen LogP contribution in [0.4, 0.5) is 9.18 Å². The molecule has 160 valence electrons. The van der Waals surface area contributed by atoms with E-state index in [9.17, 15) is 14.0 Å². The first kappa shape index (κ1) is 20.8. The molecule has 0 radical (unpaired) electrons. The molecule has 2 fully saturated rings. The number of hydrogen-bond donors (Lipinski definition) is 2. The second-order valence-corrected chi connectivity index (χ2v) is 9.25. The Morgan fingerprint density at radius 2 is 1.87 bits per heavy atom. The first-order valence-electron chi connectivity index (χ1n) is 10.5. The predicted molar refractivity (Wildman–Crippen MR) is 113 cm³/mol. The third kappa shape index (κ3) is 4.83. The normalized spacial score (nSPS) is 18.1. The molecule has 1 heterocycles. The Hall–Kier alpha value is -2.42. The number of nitrogens with zero attached hydrogens (tertiary/aromatic N) is 3. The lowest BCUT2D eigenvalue weighted by atomic mass is 9.96. The number of urea groups is 1. The van der Waals surface area contributed by atoms with Gasteiger partial charge >= 0.3 is 6.03 Å². The molecule has 4 rings (SSSR count). The highest BCUT2D eigenvalue weighted by molar-refractivity contribution is 8.00. The second-order valence-electron chi connectivity index (χ2n) is 7.94. The molecule has 30 heavy (non-hydrogen) atoms. The van der Waals surface area contributed by atoms with Crippen molar-refractivity contribution in [2.75, 3.05) is 0 Å². The summed E-state index contributed by atoms with van der Waals surface area (Å²) in [6, 6.07) is 6.37. The first-order chi connectivity index (χ1) is 14.5. The summed E-state index contributed by atoms with van der Waals surface area (Å²) in [6.45, 7) is 1.72. The number of imide groups is 1. The van der Waals surface area contributed by atoms with Crippen LogP contribution in [0.3, 0.4) is 0 Å². The zero-order valence-corrected chi connectivity index (χ0v) is 17.8. The first-order valence-corrected chi connectivity index (χ1v) is 11.4. The smallest absolute Gasteiger partial charge is 0.321 e. The van der Waals surface area contributed by atoms with Gasteiger partial charge in [-0.25, -0.2) is 9.18 Å². The second kappa shape index (κ2) is 9.16. The minimum atomic E-state index is -0.544. The van der Waals surface area contributed by atoms with E-state index in [0.717, 1.165) is 38.5 Å². The highest BCUT2D eigenvalue weighted by Gasteiger charge is 2.32. The van der Waals surface area contributed by atoms with Crippen LogP contribution in [0.2, 0.25) is 0 Å². The predicted octanol–water partition coefficient (Wildman–Crippen LogP) is 4.06. The molecule has 2 aliphatic rings. The van der Waals surface area contributed by atoms with E-state index in [1.54, 1.807) is 25.1 Å². The maximum Gasteiger partial charge on any atom is 0.321 e. The van der Waals surface area contributed by atoms with Crippen LogP contribution in [0.15, 0.2) is 29.4 Å². The Kier molecular flexibility index (Phi) is 6.36. The van der Waals surface area contributed by atoms with E-state index in [0.29, 0.717) is 16.5 Å². The summed E-state index contributed by atoms with van der Waals surface area (Å²) in [7, 11) is 0. The van der Waals surface area contributed by atoms with Crippen molar-refractivity contribution >= 4 is 23.7 Å². The fraction of sp³-hybridized carbons (Fsp3) is 0.524. The standard InChI is InChI=1S/C21H26FN5O2S/c1-13(19(28)24-20(29)23-14-7-3-2-4-8-14)30-21-26-25-18(27(21)15-11-12-15)16-9-5-6-10-17(16)22/h5-6,9-10,13-15H,2-4,7-8,11-12H2,1H3,(H2,23,24,28,29). The molecule has 0 spiro atoms. The number of hydrogen-bond acceptors (Lipinski definition) is 5. The molecule has 0 saturated heterocycles. The van der Waals surface area contributed by atoms with E-state index < -0.39 is 11.3 Å². The summed E-state index contributed by atoms with van der Waals surface area (Å²) in [5, 5.41) is 13.8. The van der Waals surface area contributed by atoms with Crippen LogP contribution < -0.4 is 10.6 Å². The molecule has 3 amide bonds. The molecular weight excluding hydrogens is 405 g/mol. The van der Waals surface area contributed by atoms with Gasteiger partial charge in [0.25, 0.3) is 0 Å². The Morgan fingerprint density at radius 3 is 2.57 bits per heavy atom.